The van der Waals surface area contributed by atoms with Crippen LogP contribution in [0.5, 0.6) is 5.75 Å². The maximum atomic E-state index is 10.7. The monoisotopic (exact) mass is 261 g/mol. The van der Waals surface area contributed by atoms with E-state index in [0.717, 1.165) is 5.56 Å². The molecule has 19 heavy (non-hydrogen) atoms. The molecule has 0 spiro atoms. The number of aromatic nitrogens is 2. The van der Waals surface area contributed by atoms with Crippen molar-refractivity contribution >= 4 is 5.91 Å². The molecule has 0 bridgehead atoms. The lowest BCUT2D eigenvalue weighted by molar-refractivity contribution is -0.118. The predicted molar refractivity (Wildman–Crippen MR) is 68.7 cm³/mol. The summed E-state index contributed by atoms with van der Waals surface area (Å²) in [5.41, 5.74) is 0.753. The molecule has 0 aliphatic rings. The minimum atomic E-state index is -0.0792. The van der Waals surface area contributed by atoms with E-state index in [2.05, 4.69) is 15.5 Å². The highest BCUT2D eigenvalue weighted by Crippen LogP contribution is 2.28. The van der Waals surface area contributed by atoms with Crippen LogP contribution < -0.4 is 10.1 Å². The highest BCUT2D eigenvalue weighted by atomic mass is 16.5. The Bertz CT molecular complexity index is 566. The summed E-state index contributed by atoms with van der Waals surface area (Å²) in [5.74, 6) is 1.49. The summed E-state index contributed by atoms with van der Waals surface area (Å²) >= 11 is 0. The lowest BCUT2D eigenvalue weighted by Gasteiger charge is -2.03. The van der Waals surface area contributed by atoms with Crippen LogP contribution in [0.3, 0.4) is 0 Å². The number of ether oxygens (including phenoxy) is 1. The topological polar surface area (TPSA) is 77.3 Å². The van der Waals surface area contributed by atoms with Gasteiger partial charge in [-0.15, -0.1) is 10.2 Å². The SMILES string of the molecule is COc1ccccc1-c1nnc(CCNC(C)=O)o1. The van der Waals surface area contributed by atoms with E-state index in [4.69, 9.17) is 9.15 Å². The van der Waals surface area contributed by atoms with Gasteiger partial charge < -0.3 is 14.5 Å². The lowest BCUT2D eigenvalue weighted by atomic mass is 10.2. The van der Waals surface area contributed by atoms with Gasteiger partial charge in [0.1, 0.15) is 5.75 Å². The maximum Gasteiger partial charge on any atom is 0.251 e. The summed E-state index contributed by atoms with van der Waals surface area (Å²) in [6.07, 6.45) is 0.502. The summed E-state index contributed by atoms with van der Waals surface area (Å²) in [4.78, 5) is 10.7. The molecule has 1 aromatic carbocycles. The number of carbonyl (C=O) groups is 1. The van der Waals surface area contributed by atoms with E-state index in [1.165, 1.54) is 6.92 Å². The molecule has 0 atom stereocenters. The Hall–Kier alpha value is -2.37. The minimum absolute atomic E-state index is 0.0792. The van der Waals surface area contributed by atoms with Crippen molar-refractivity contribution in [3.63, 3.8) is 0 Å². The number of hydrogen-bond donors (Lipinski definition) is 1. The van der Waals surface area contributed by atoms with Crippen LogP contribution in [-0.4, -0.2) is 29.8 Å². The zero-order chi connectivity index (χ0) is 13.7. The molecular formula is C13H15N3O3. The number of rotatable bonds is 5. The van der Waals surface area contributed by atoms with Crippen LogP contribution in [0, 0.1) is 0 Å². The summed E-state index contributed by atoms with van der Waals surface area (Å²) in [7, 11) is 1.59. The first-order chi connectivity index (χ1) is 9.20. The molecule has 0 aliphatic heterocycles. The Labute approximate surface area is 110 Å². The van der Waals surface area contributed by atoms with E-state index in [1.54, 1.807) is 7.11 Å². The highest BCUT2D eigenvalue weighted by Gasteiger charge is 2.12. The molecule has 0 aliphatic carbocycles. The van der Waals surface area contributed by atoms with Crippen LogP contribution in [0.15, 0.2) is 28.7 Å². The van der Waals surface area contributed by atoms with Crippen LogP contribution in [0.4, 0.5) is 0 Å². The molecule has 1 aromatic heterocycles. The predicted octanol–water partition coefficient (Wildman–Crippen LogP) is 1.42. The second-order valence-corrected chi connectivity index (χ2v) is 3.93. The van der Waals surface area contributed by atoms with E-state index < -0.39 is 0 Å². The van der Waals surface area contributed by atoms with Crippen molar-refractivity contribution in [3.05, 3.63) is 30.2 Å². The van der Waals surface area contributed by atoms with E-state index in [-0.39, 0.29) is 5.91 Å². The standard InChI is InChI=1S/C13H15N3O3/c1-9(17)14-8-7-12-15-16-13(19-12)10-5-3-4-6-11(10)18-2/h3-6H,7-8H2,1-2H3,(H,14,17). The van der Waals surface area contributed by atoms with Crippen molar-refractivity contribution in [2.24, 2.45) is 0 Å². The first-order valence-electron chi connectivity index (χ1n) is 5.91. The number of benzene rings is 1. The van der Waals surface area contributed by atoms with Gasteiger partial charge in [0.25, 0.3) is 5.89 Å². The summed E-state index contributed by atoms with van der Waals surface area (Å²) in [6.45, 7) is 1.94. The number of nitrogens with zero attached hydrogens (tertiary/aromatic N) is 2. The third-order valence-corrected chi connectivity index (χ3v) is 2.52. The molecule has 0 fully saturated rings. The van der Waals surface area contributed by atoms with Gasteiger partial charge in [0, 0.05) is 19.9 Å². The molecule has 0 unspecified atom stereocenters. The number of carbonyl (C=O) groups excluding carboxylic acids is 1. The highest BCUT2D eigenvalue weighted by molar-refractivity contribution is 5.72. The van der Waals surface area contributed by atoms with Gasteiger partial charge in [-0.3, -0.25) is 4.79 Å². The van der Waals surface area contributed by atoms with Crippen molar-refractivity contribution in [1.29, 1.82) is 0 Å². The second kappa shape index (κ2) is 5.99. The van der Waals surface area contributed by atoms with Crippen molar-refractivity contribution in [2.45, 2.75) is 13.3 Å². The number of hydrogen-bond acceptors (Lipinski definition) is 5. The van der Waals surface area contributed by atoms with Gasteiger partial charge in [-0.25, -0.2) is 0 Å². The summed E-state index contributed by atoms with van der Waals surface area (Å²) in [6, 6.07) is 7.43. The number of nitrogens with one attached hydrogen (secondary N) is 1. The Balaban J connectivity index is 2.10. The zero-order valence-electron chi connectivity index (χ0n) is 10.8. The Morgan fingerprint density at radius 2 is 2.16 bits per heavy atom. The molecule has 2 rings (SSSR count). The van der Waals surface area contributed by atoms with Gasteiger partial charge >= 0.3 is 0 Å². The normalized spacial score (nSPS) is 10.2. The molecule has 6 heteroatoms. The summed E-state index contributed by atoms with van der Waals surface area (Å²) in [5, 5.41) is 10.6. The van der Waals surface area contributed by atoms with Crippen LogP contribution in [0.25, 0.3) is 11.5 Å². The molecule has 6 nitrogen and oxygen atoms in total. The van der Waals surface area contributed by atoms with Gasteiger partial charge in [0.05, 0.1) is 12.7 Å². The smallest absolute Gasteiger partial charge is 0.251 e. The van der Waals surface area contributed by atoms with Gasteiger partial charge in [-0.05, 0) is 12.1 Å². The number of para-hydroxylation sites is 1. The zero-order valence-corrected chi connectivity index (χ0v) is 10.8. The van der Waals surface area contributed by atoms with Gasteiger partial charge in [-0.1, -0.05) is 12.1 Å². The van der Waals surface area contributed by atoms with Crippen LogP contribution in [0.2, 0.25) is 0 Å². The van der Waals surface area contributed by atoms with Crippen molar-refractivity contribution in [3.8, 4) is 17.2 Å². The molecule has 0 saturated carbocycles. The Morgan fingerprint density at radius 3 is 2.89 bits per heavy atom. The van der Waals surface area contributed by atoms with E-state index in [1.807, 2.05) is 24.3 Å². The Morgan fingerprint density at radius 1 is 1.37 bits per heavy atom. The van der Waals surface area contributed by atoms with Crippen LogP contribution >= 0.6 is 0 Å². The molecule has 2 aromatic rings. The van der Waals surface area contributed by atoms with Gasteiger partial charge in [0.15, 0.2) is 0 Å². The average molecular weight is 261 g/mol. The maximum absolute atomic E-state index is 10.7. The van der Waals surface area contributed by atoms with E-state index >= 15 is 0 Å². The van der Waals surface area contributed by atoms with E-state index in [9.17, 15) is 4.79 Å². The number of amides is 1. The second-order valence-electron chi connectivity index (χ2n) is 3.93. The Kier molecular flexibility index (Phi) is 4.12. The van der Waals surface area contributed by atoms with Crippen molar-refractivity contribution in [1.82, 2.24) is 15.5 Å². The van der Waals surface area contributed by atoms with Crippen LogP contribution in [-0.2, 0) is 11.2 Å². The molecule has 100 valence electrons. The fourth-order valence-electron chi connectivity index (χ4n) is 1.63. The fourth-order valence-corrected chi connectivity index (χ4v) is 1.63. The first kappa shape index (κ1) is 13.1. The third-order valence-electron chi connectivity index (χ3n) is 2.52. The van der Waals surface area contributed by atoms with Crippen LogP contribution in [0.1, 0.15) is 12.8 Å². The molecular weight excluding hydrogens is 246 g/mol. The molecule has 1 N–H and O–H groups in total. The van der Waals surface area contributed by atoms with Crippen molar-refractivity contribution in [2.75, 3.05) is 13.7 Å². The third kappa shape index (κ3) is 3.31. The molecule has 0 saturated heterocycles. The van der Waals surface area contributed by atoms with Crippen molar-refractivity contribution < 1.29 is 13.9 Å². The largest absolute Gasteiger partial charge is 0.496 e. The number of methoxy groups -OCH3 is 1. The quantitative estimate of drug-likeness (QED) is 0.880. The molecule has 1 amide bonds. The minimum Gasteiger partial charge on any atom is -0.496 e. The molecule has 0 radical (unpaired) electrons. The summed E-state index contributed by atoms with van der Waals surface area (Å²) < 4.78 is 10.8. The van der Waals surface area contributed by atoms with E-state index in [0.29, 0.717) is 30.5 Å². The van der Waals surface area contributed by atoms with Gasteiger partial charge in [-0.2, -0.15) is 0 Å². The van der Waals surface area contributed by atoms with Gasteiger partial charge in [0.2, 0.25) is 11.8 Å². The first-order valence-corrected chi connectivity index (χ1v) is 5.91. The molecule has 1 heterocycles. The lowest BCUT2D eigenvalue weighted by Crippen LogP contribution is -2.22. The fraction of sp³-hybridized carbons (Fsp3) is 0.308. The average Bonchev–Trinajstić information content (AvgIpc) is 2.87.